The first-order valence-corrected chi connectivity index (χ1v) is 10.3. The van der Waals surface area contributed by atoms with Gasteiger partial charge in [-0.1, -0.05) is 5.22 Å². The zero-order valence-electron chi connectivity index (χ0n) is 18.3. The Labute approximate surface area is 189 Å². The van der Waals surface area contributed by atoms with E-state index in [1.165, 1.54) is 19.2 Å². The minimum absolute atomic E-state index is 0.268. The molecule has 2 aliphatic rings. The second kappa shape index (κ2) is 9.15. The summed E-state index contributed by atoms with van der Waals surface area (Å²) in [6.07, 6.45) is 0. The van der Waals surface area contributed by atoms with Gasteiger partial charge in [-0.2, -0.15) is 5.11 Å². The molecular weight excluding hydrogens is 430 g/mol. The molecule has 1 saturated heterocycles. The number of rotatable bonds is 8. The van der Waals surface area contributed by atoms with Gasteiger partial charge in [0.1, 0.15) is 23.8 Å². The molecule has 0 bridgehead atoms. The molecule has 2 heterocycles. The molecule has 0 spiro atoms. The molecule has 2 atom stereocenters. The minimum Gasteiger partial charge on any atom is -0.497 e. The first-order chi connectivity index (χ1) is 16.0. The smallest absolute Gasteiger partial charge is 0.263 e. The second-order valence-electron chi connectivity index (χ2n) is 7.25. The number of hydrogen-bond donors (Lipinski definition) is 1. The highest BCUT2D eigenvalue weighted by Gasteiger charge is 2.55. The van der Waals surface area contributed by atoms with Crippen LogP contribution in [0.4, 0.5) is 11.4 Å². The van der Waals surface area contributed by atoms with E-state index < -0.39 is 29.8 Å². The molecule has 0 saturated carbocycles. The van der Waals surface area contributed by atoms with Crippen molar-refractivity contribution in [2.75, 3.05) is 37.6 Å². The molecule has 1 fully saturated rings. The number of carbonyl (C=O) groups is 3. The number of hydrogen-bond acceptors (Lipinski definition) is 9. The number of ether oxygens (including phenoxy) is 3. The summed E-state index contributed by atoms with van der Waals surface area (Å²) < 4.78 is 15.8. The van der Waals surface area contributed by atoms with Gasteiger partial charge in [0.25, 0.3) is 11.8 Å². The Balaban J connectivity index is 1.46. The van der Waals surface area contributed by atoms with E-state index in [1.807, 2.05) is 6.92 Å². The SMILES string of the molecule is CCOc1ccc(N2C(=O)C3N=NN(CC(=O)Nc4ccc(OC)cc4OC)C3C2=O)cc1. The summed E-state index contributed by atoms with van der Waals surface area (Å²) in [6, 6.07) is 9.61. The van der Waals surface area contributed by atoms with Crippen molar-refractivity contribution in [1.82, 2.24) is 5.01 Å². The largest absolute Gasteiger partial charge is 0.497 e. The van der Waals surface area contributed by atoms with Crippen molar-refractivity contribution >= 4 is 29.1 Å². The van der Waals surface area contributed by atoms with Crippen LogP contribution in [0.25, 0.3) is 0 Å². The predicted molar refractivity (Wildman–Crippen MR) is 117 cm³/mol. The normalized spacial score (nSPS) is 19.0. The molecule has 11 heteroatoms. The van der Waals surface area contributed by atoms with E-state index in [2.05, 4.69) is 15.7 Å². The molecular formula is C22H23N5O6. The van der Waals surface area contributed by atoms with E-state index in [0.29, 0.717) is 35.2 Å². The van der Waals surface area contributed by atoms with Crippen LogP contribution >= 0.6 is 0 Å². The van der Waals surface area contributed by atoms with Gasteiger partial charge in [0.15, 0.2) is 12.1 Å². The van der Waals surface area contributed by atoms with Gasteiger partial charge in [-0.3, -0.25) is 19.4 Å². The number of nitrogens with zero attached hydrogens (tertiary/aromatic N) is 4. The molecule has 2 aliphatic heterocycles. The molecule has 4 rings (SSSR count). The maximum Gasteiger partial charge on any atom is 0.263 e. The van der Waals surface area contributed by atoms with E-state index in [1.54, 1.807) is 42.5 Å². The Kier molecular flexibility index (Phi) is 6.11. The van der Waals surface area contributed by atoms with Crippen molar-refractivity contribution < 1.29 is 28.6 Å². The van der Waals surface area contributed by atoms with E-state index in [9.17, 15) is 14.4 Å². The number of imide groups is 1. The Morgan fingerprint density at radius 1 is 1.03 bits per heavy atom. The molecule has 11 nitrogen and oxygen atoms in total. The molecule has 3 amide bonds. The number of carbonyl (C=O) groups excluding carboxylic acids is 3. The highest BCUT2D eigenvalue weighted by atomic mass is 16.5. The number of nitrogens with one attached hydrogen (secondary N) is 1. The van der Waals surface area contributed by atoms with Crippen molar-refractivity contribution in [2.24, 2.45) is 10.3 Å². The third-order valence-electron chi connectivity index (χ3n) is 5.25. The average Bonchev–Trinajstić information content (AvgIpc) is 3.34. The lowest BCUT2D eigenvalue weighted by Crippen LogP contribution is -2.43. The lowest BCUT2D eigenvalue weighted by molar-refractivity contribution is -0.123. The maximum absolute atomic E-state index is 13.1. The Hall–Kier alpha value is -4.15. The number of fused-ring (bicyclic) bond motifs is 1. The van der Waals surface area contributed by atoms with Crippen molar-refractivity contribution in [3.8, 4) is 17.2 Å². The fourth-order valence-corrected chi connectivity index (χ4v) is 3.71. The number of benzene rings is 2. The monoisotopic (exact) mass is 453 g/mol. The molecule has 172 valence electrons. The van der Waals surface area contributed by atoms with Gasteiger partial charge in [-0.25, -0.2) is 4.90 Å². The average molecular weight is 453 g/mol. The van der Waals surface area contributed by atoms with Gasteiger partial charge in [0, 0.05) is 6.07 Å². The maximum atomic E-state index is 13.1. The standard InChI is InChI=1S/C22H23N5O6/c1-4-33-14-7-5-13(6-8-14)27-21(29)19-20(22(27)30)26(25-24-19)12-18(28)23-16-10-9-15(31-2)11-17(16)32-3/h5-11,19-20H,4,12H2,1-3H3,(H,23,28). The molecule has 0 aliphatic carbocycles. The van der Waals surface area contributed by atoms with Crippen LogP contribution in [-0.4, -0.2) is 62.2 Å². The summed E-state index contributed by atoms with van der Waals surface area (Å²) in [5.41, 5.74) is 0.839. The lowest BCUT2D eigenvalue weighted by atomic mass is 10.1. The van der Waals surface area contributed by atoms with Crippen LogP contribution in [0.2, 0.25) is 0 Å². The zero-order chi connectivity index (χ0) is 23.5. The summed E-state index contributed by atoms with van der Waals surface area (Å²) in [5.74, 6) is 0.194. The third kappa shape index (κ3) is 4.16. The van der Waals surface area contributed by atoms with Crippen molar-refractivity contribution in [1.29, 1.82) is 0 Å². The van der Waals surface area contributed by atoms with Crippen LogP contribution in [0.1, 0.15) is 6.92 Å². The Morgan fingerprint density at radius 3 is 2.42 bits per heavy atom. The summed E-state index contributed by atoms with van der Waals surface area (Å²) in [4.78, 5) is 39.6. The molecule has 0 aromatic heterocycles. The van der Waals surface area contributed by atoms with Gasteiger partial charge in [-0.15, -0.1) is 0 Å². The Bertz CT molecular complexity index is 1100. The topological polar surface area (TPSA) is 122 Å². The summed E-state index contributed by atoms with van der Waals surface area (Å²) in [5, 5.41) is 11.8. The molecule has 2 unspecified atom stereocenters. The fraction of sp³-hybridized carbons (Fsp3) is 0.318. The molecule has 33 heavy (non-hydrogen) atoms. The zero-order valence-corrected chi connectivity index (χ0v) is 18.3. The van der Waals surface area contributed by atoms with Crippen molar-refractivity contribution in [3.05, 3.63) is 42.5 Å². The van der Waals surface area contributed by atoms with Crippen molar-refractivity contribution in [2.45, 2.75) is 19.0 Å². The first-order valence-electron chi connectivity index (χ1n) is 10.3. The van der Waals surface area contributed by atoms with Gasteiger partial charge in [0.05, 0.1) is 32.2 Å². The van der Waals surface area contributed by atoms with Crippen LogP contribution in [0.3, 0.4) is 0 Å². The van der Waals surface area contributed by atoms with E-state index in [4.69, 9.17) is 14.2 Å². The van der Waals surface area contributed by atoms with Crippen LogP contribution in [0.15, 0.2) is 52.8 Å². The number of anilines is 2. The molecule has 0 radical (unpaired) electrons. The van der Waals surface area contributed by atoms with E-state index in [-0.39, 0.29) is 6.54 Å². The predicted octanol–water partition coefficient (Wildman–Crippen LogP) is 2.03. The molecule has 2 aromatic rings. The van der Waals surface area contributed by atoms with Crippen LogP contribution in [0.5, 0.6) is 17.2 Å². The second-order valence-corrected chi connectivity index (χ2v) is 7.25. The number of methoxy groups -OCH3 is 2. The van der Waals surface area contributed by atoms with Gasteiger partial charge in [-0.05, 0) is 43.3 Å². The third-order valence-corrected chi connectivity index (χ3v) is 5.25. The highest BCUT2D eigenvalue weighted by Crippen LogP contribution is 2.33. The van der Waals surface area contributed by atoms with Crippen molar-refractivity contribution in [3.63, 3.8) is 0 Å². The molecule has 1 N–H and O–H groups in total. The lowest BCUT2D eigenvalue weighted by Gasteiger charge is -2.20. The summed E-state index contributed by atoms with van der Waals surface area (Å²) >= 11 is 0. The highest BCUT2D eigenvalue weighted by molar-refractivity contribution is 6.25. The van der Waals surface area contributed by atoms with Gasteiger partial charge >= 0.3 is 0 Å². The minimum atomic E-state index is -0.993. The first kappa shape index (κ1) is 22.1. The van der Waals surface area contributed by atoms with E-state index >= 15 is 0 Å². The number of amides is 3. The van der Waals surface area contributed by atoms with E-state index in [0.717, 1.165) is 4.90 Å². The fourth-order valence-electron chi connectivity index (χ4n) is 3.71. The molecule has 2 aromatic carbocycles. The van der Waals surface area contributed by atoms with Crippen LogP contribution in [0, 0.1) is 0 Å². The van der Waals surface area contributed by atoms with Crippen LogP contribution in [-0.2, 0) is 14.4 Å². The quantitative estimate of drug-likeness (QED) is 0.607. The van der Waals surface area contributed by atoms with Gasteiger partial charge < -0.3 is 19.5 Å². The summed E-state index contributed by atoms with van der Waals surface area (Å²) in [7, 11) is 3.00. The van der Waals surface area contributed by atoms with Gasteiger partial charge in [0.2, 0.25) is 5.91 Å². The van der Waals surface area contributed by atoms with Crippen LogP contribution < -0.4 is 24.4 Å². The Morgan fingerprint density at radius 2 is 1.76 bits per heavy atom. The summed E-state index contributed by atoms with van der Waals surface area (Å²) in [6.45, 7) is 2.10.